The van der Waals surface area contributed by atoms with Crippen LogP contribution in [0.2, 0.25) is 0 Å². The van der Waals surface area contributed by atoms with Crippen LogP contribution in [0.4, 0.5) is 0 Å². The van der Waals surface area contributed by atoms with Crippen LogP contribution in [0.1, 0.15) is 51.3 Å². The lowest BCUT2D eigenvalue weighted by Crippen LogP contribution is -2.22. The van der Waals surface area contributed by atoms with E-state index in [4.69, 9.17) is 0 Å². The van der Waals surface area contributed by atoms with Crippen LogP contribution < -0.4 is 5.56 Å². The molecule has 0 aliphatic carbocycles. The van der Waals surface area contributed by atoms with Crippen molar-refractivity contribution in [3.05, 3.63) is 61.5 Å². The summed E-state index contributed by atoms with van der Waals surface area (Å²) in [5.41, 5.74) is 4.78. The molecule has 0 fully saturated rings. The highest BCUT2D eigenvalue weighted by Gasteiger charge is 2.16. The topological polar surface area (TPSA) is 52.0 Å². The SMILES string of the molecule is CCc1cc2c(=O)n(Cc3c(C)cc(C)c(C(C)=O)c3C)cnc2s1. The van der Waals surface area contributed by atoms with Crippen molar-refractivity contribution in [1.82, 2.24) is 9.55 Å². The molecule has 5 heteroatoms. The van der Waals surface area contributed by atoms with Gasteiger partial charge in [-0.1, -0.05) is 13.0 Å². The number of hydrogen-bond acceptors (Lipinski definition) is 4. The fourth-order valence-corrected chi connectivity index (χ4v) is 4.40. The number of aromatic nitrogens is 2. The van der Waals surface area contributed by atoms with Gasteiger partial charge in [-0.2, -0.15) is 0 Å². The Morgan fingerprint density at radius 1 is 1.20 bits per heavy atom. The molecule has 0 saturated carbocycles. The molecule has 130 valence electrons. The van der Waals surface area contributed by atoms with Crippen LogP contribution >= 0.6 is 11.3 Å². The first-order valence-corrected chi connectivity index (χ1v) is 9.23. The molecule has 0 bridgehead atoms. The number of thiophene rings is 1. The van der Waals surface area contributed by atoms with Crippen molar-refractivity contribution in [2.75, 3.05) is 0 Å². The highest BCUT2D eigenvalue weighted by atomic mass is 32.1. The first-order valence-electron chi connectivity index (χ1n) is 8.42. The second-order valence-corrected chi connectivity index (χ2v) is 7.62. The van der Waals surface area contributed by atoms with Gasteiger partial charge >= 0.3 is 0 Å². The third-order valence-electron chi connectivity index (χ3n) is 4.73. The van der Waals surface area contributed by atoms with Gasteiger partial charge in [-0.05, 0) is 62.4 Å². The summed E-state index contributed by atoms with van der Waals surface area (Å²) in [6.45, 7) is 10.0. The van der Waals surface area contributed by atoms with Crippen LogP contribution in [0.25, 0.3) is 10.2 Å². The first-order chi connectivity index (χ1) is 11.8. The summed E-state index contributed by atoms with van der Waals surface area (Å²) in [7, 11) is 0. The molecule has 0 aliphatic heterocycles. The number of Topliss-reactive ketones (excluding diaryl/α,β-unsaturated/α-hetero) is 1. The molecule has 0 aliphatic rings. The second kappa shape index (κ2) is 6.56. The van der Waals surface area contributed by atoms with Gasteiger partial charge < -0.3 is 0 Å². The van der Waals surface area contributed by atoms with E-state index < -0.39 is 0 Å². The summed E-state index contributed by atoms with van der Waals surface area (Å²) in [4.78, 5) is 31.2. The molecule has 3 rings (SSSR count). The maximum absolute atomic E-state index is 12.8. The molecular weight excluding hydrogens is 332 g/mol. The molecule has 4 nitrogen and oxygen atoms in total. The molecule has 25 heavy (non-hydrogen) atoms. The number of nitrogens with zero attached hydrogens (tertiary/aromatic N) is 2. The Kier molecular flexibility index (Phi) is 4.60. The summed E-state index contributed by atoms with van der Waals surface area (Å²) in [6.07, 6.45) is 2.52. The van der Waals surface area contributed by atoms with Gasteiger partial charge in [0.2, 0.25) is 0 Å². The zero-order chi connectivity index (χ0) is 18.3. The maximum Gasteiger partial charge on any atom is 0.262 e. The third kappa shape index (κ3) is 3.04. The highest BCUT2D eigenvalue weighted by Crippen LogP contribution is 2.24. The van der Waals surface area contributed by atoms with E-state index >= 15 is 0 Å². The number of benzene rings is 1. The Bertz CT molecular complexity index is 1040. The van der Waals surface area contributed by atoms with Crippen LogP contribution in [0.3, 0.4) is 0 Å². The lowest BCUT2D eigenvalue weighted by molar-refractivity contribution is 0.101. The quantitative estimate of drug-likeness (QED) is 0.660. The Labute approximate surface area is 151 Å². The van der Waals surface area contributed by atoms with Gasteiger partial charge in [0, 0.05) is 10.4 Å². The summed E-state index contributed by atoms with van der Waals surface area (Å²) in [5.74, 6) is 0.0580. The fraction of sp³-hybridized carbons (Fsp3) is 0.350. The monoisotopic (exact) mass is 354 g/mol. The van der Waals surface area contributed by atoms with Crippen LogP contribution in [0.5, 0.6) is 0 Å². The number of rotatable bonds is 4. The standard InChI is InChI=1S/C20H22N2O2S/c1-6-15-8-16-19(25-15)21-10-22(20(16)24)9-17-11(2)7-12(3)18(13(17)4)14(5)23/h7-8,10H,6,9H2,1-5H3. The predicted octanol–water partition coefficient (Wildman–Crippen LogP) is 4.20. The summed E-state index contributed by atoms with van der Waals surface area (Å²) < 4.78 is 1.64. The van der Waals surface area contributed by atoms with Gasteiger partial charge in [-0.15, -0.1) is 11.3 Å². The minimum Gasteiger partial charge on any atom is -0.294 e. The number of carbonyl (C=O) groups is 1. The lowest BCUT2D eigenvalue weighted by Gasteiger charge is -2.16. The van der Waals surface area contributed by atoms with E-state index in [1.54, 1.807) is 29.2 Å². The number of fused-ring (bicyclic) bond motifs is 1. The normalized spacial score (nSPS) is 11.2. The van der Waals surface area contributed by atoms with E-state index in [0.29, 0.717) is 11.9 Å². The molecule has 0 saturated heterocycles. The van der Waals surface area contributed by atoms with Gasteiger partial charge in [-0.25, -0.2) is 4.98 Å². The van der Waals surface area contributed by atoms with Crippen molar-refractivity contribution < 1.29 is 4.79 Å². The fourth-order valence-electron chi connectivity index (χ4n) is 3.48. The van der Waals surface area contributed by atoms with Crippen LogP contribution in [0.15, 0.2) is 23.3 Å². The molecule has 0 spiro atoms. The molecule has 0 unspecified atom stereocenters. The Hall–Kier alpha value is -2.27. The molecule has 3 aromatic rings. The molecule has 2 aromatic heterocycles. The zero-order valence-electron chi connectivity index (χ0n) is 15.3. The van der Waals surface area contributed by atoms with Crippen molar-refractivity contribution in [3.8, 4) is 0 Å². The molecule has 0 atom stereocenters. The van der Waals surface area contributed by atoms with Crippen molar-refractivity contribution in [1.29, 1.82) is 0 Å². The Morgan fingerprint density at radius 2 is 1.92 bits per heavy atom. The predicted molar refractivity (Wildman–Crippen MR) is 103 cm³/mol. The molecule has 0 radical (unpaired) electrons. The average Bonchev–Trinajstić information content (AvgIpc) is 2.97. The van der Waals surface area contributed by atoms with E-state index in [-0.39, 0.29) is 11.3 Å². The summed E-state index contributed by atoms with van der Waals surface area (Å²) in [5, 5.41) is 0.679. The van der Waals surface area contributed by atoms with E-state index in [1.165, 1.54) is 4.88 Å². The second-order valence-electron chi connectivity index (χ2n) is 6.51. The maximum atomic E-state index is 12.8. The van der Waals surface area contributed by atoms with Crippen molar-refractivity contribution >= 4 is 27.3 Å². The van der Waals surface area contributed by atoms with Gasteiger partial charge in [0.25, 0.3) is 5.56 Å². The molecule has 0 N–H and O–H groups in total. The van der Waals surface area contributed by atoms with Gasteiger partial charge in [0.15, 0.2) is 5.78 Å². The first kappa shape index (κ1) is 17.5. The van der Waals surface area contributed by atoms with Crippen LogP contribution in [0, 0.1) is 20.8 Å². The molecular formula is C20H22N2O2S. The largest absolute Gasteiger partial charge is 0.294 e. The molecule has 1 aromatic carbocycles. The van der Waals surface area contributed by atoms with Crippen LogP contribution in [-0.4, -0.2) is 15.3 Å². The Morgan fingerprint density at radius 3 is 2.56 bits per heavy atom. The number of aryl methyl sites for hydroxylation is 3. The third-order valence-corrected chi connectivity index (χ3v) is 5.92. The van der Waals surface area contributed by atoms with Crippen molar-refractivity contribution in [2.45, 2.75) is 47.6 Å². The van der Waals surface area contributed by atoms with Crippen molar-refractivity contribution in [2.24, 2.45) is 0 Å². The smallest absolute Gasteiger partial charge is 0.262 e. The molecule has 2 heterocycles. The lowest BCUT2D eigenvalue weighted by atomic mass is 9.91. The van der Waals surface area contributed by atoms with E-state index in [1.807, 2.05) is 32.9 Å². The van der Waals surface area contributed by atoms with E-state index in [9.17, 15) is 9.59 Å². The minimum atomic E-state index is -0.0234. The van der Waals surface area contributed by atoms with E-state index in [2.05, 4.69) is 11.9 Å². The van der Waals surface area contributed by atoms with Gasteiger partial charge in [0.1, 0.15) is 4.83 Å². The number of ketones is 1. The van der Waals surface area contributed by atoms with Gasteiger partial charge in [0.05, 0.1) is 18.3 Å². The number of hydrogen-bond donors (Lipinski definition) is 0. The minimum absolute atomic E-state index is 0.0234. The summed E-state index contributed by atoms with van der Waals surface area (Å²) >= 11 is 1.57. The van der Waals surface area contributed by atoms with E-state index in [0.717, 1.165) is 39.1 Å². The number of carbonyl (C=O) groups excluding carboxylic acids is 1. The van der Waals surface area contributed by atoms with Crippen LogP contribution in [-0.2, 0) is 13.0 Å². The zero-order valence-corrected chi connectivity index (χ0v) is 16.1. The Balaban J connectivity index is 2.13. The van der Waals surface area contributed by atoms with Gasteiger partial charge in [-0.3, -0.25) is 14.2 Å². The molecule has 0 amide bonds. The highest BCUT2D eigenvalue weighted by molar-refractivity contribution is 7.18. The average molecular weight is 354 g/mol. The summed E-state index contributed by atoms with van der Waals surface area (Å²) in [6, 6.07) is 3.97. The van der Waals surface area contributed by atoms with Crippen molar-refractivity contribution in [3.63, 3.8) is 0 Å².